The van der Waals surface area contributed by atoms with Crippen LogP contribution in [0.5, 0.6) is 0 Å². The Kier molecular flexibility index (Phi) is 4.43. The van der Waals surface area contributed by atoms with Crippen LogP contribution in [0.15, 0.2) is 66.7 Å². The Balaban J connectivity index is 1.36. The van der Waals surface area contributed by atoms with Gasteiger partial charge in [0.1, 0.15) is 6.61 Å². The van der Waals surface area contributed by atoms with Crippen molar-refractivity contribution < 1.29 is 19.4 Å². The Labute approximate surface area is 177 Å². The summed E-state index contributed by atoms with van der Waals surface area (Å²) in [5.74, 6) is -0.876. The van der Waals surface area contributed by atoms with Gasteiger partial charge in [-0.25, -0.2) is 14.6 Å². The van der Waals surface area contributed by atoms with E-state index in [1.807, 2.05) is 24.3 Å². The van der Waals surface area contributed by atoms with Crippen molar-refractivity contribution in [1.82, 2.24) is 9.55 Å². The predicted molar refractivity (Wildman–Crippen MR) is 116 cm³/mol. The van der Waals surface area contributed by atoms with Crippen molar-refractivity contribution in [2.24, 2.45) is 7.05 Å². The average molecular weight is 413 g/mol. The third-order valence-electron chi connectivity index (χ3n) is 5.68. The summed E-state index contributed by atoms with van der Waals surface area (Å²) in [5, 5.41) is 12.0. The van der Waals surface area contributed by atoms with Gasteiger partial charge in [-0.2, -0.15) is 0 Å². The van der Waals surface area contributed by atoms with Gasteiger partial charge < -0.3 is 14.4 Å². The smallest absolute Gasteiger partial charge is 0.414 e. The van der Waals surface area contributed by atoms with Gasteiger partial charge in [-0.15, -0.1) is 0 Å². The van der Waals surface area contributed by atoms with Crippen LogP contribution in [0.3, 0.4) is 0 Å². The number of nitrogens with zero attached hydrogens (tertiary/aromatic N) is 2. The monoisotopic (exact) mass is 413 g/mol. The zero-order valence-corrected chi connectivity index (χ0v) is 16.7. The summed E-state index contributed by atoms with van der Waals surface area (Å²) in [6.45, 7) is 0.185. The number of carboxylic acids is 1. The van der Waals surface area contributed by atoms with E-state index in [-0.39, 0.29) is 24.0 Å². The van der Waals surface area contributed by atoms with Crippen LogP contribution < -0.4 is 5.32 Å². The number of ether oxygens (including phenoxy) is 1. The molecule has 0 aliphatic heterocycles. The molecular formula is C24H19N3O4. The Bertz CT molecular complexity index is 1300. The lowest BCUT2D eigenvalue weighted by Crippen LogP contribution is -2.19. The molecule has 5 rings (SSSR count). The van der Waals surface area contributed by atoms with Crippen molar-refractivity contribution in [3.05, 3.63) is 83.4 Å². The zero-order chi connectivity index (χ0) is 21.5. The van der Waals surface area contributed by atoms with E-state index in [4.69, 9.17) is 4.74 Å². The van der Waals surface area contributed by atoms with Gasteiger partial charge in [0.2, 0.25) is 5.95 Å². The van der Waals surface area contributed by atoms with Crippen LogP contribution in [0.25, 0.3) is 22.2 Å². The lowest BCUT2D eigenvalue weighted by Gasteiger charge is -2.14. The molecule has 1 aliphatic carbocycles. The second-order valence-electron chi connectivity index (χ2n) is 7.42. The zero-order valence-electron chi connectivity index (χ0n) is 16.7. The molecule has 0 radical (unpaired) electrons. The highest BCUT2D eigenvalue weighted by Crippen LogP contribution is 2.44. The first kappa shape index (κ1) is 18.9. The number of aryl methyl sites for hydroxylation is 1. The number of aromatic carboxylic acids is 1. The number of carbonyl (C=O) groups excluding carboxylic acids is 1. The third-order valence-corrected chi connectivity index (χ3v) is 5.68. The number of carbonyl (C=O) groups is 2. The van der Waals surface area contributed by atoms with Crippen LogP contribution in [0.1, 0.15) is 27.4 Å². The van der Waals surface area contributed by atoms with E-state index in [9.17, 15) is 14.7 Å². The lowest BCUT2D eigenvalue weighted by molar-refractivity contribution is 0.0698. The molecule has 0 atom stereocenters. The van der Waals surface area contributed by atoms with Crippen LogP contribution in [0.4, 0.5) is 10.7 Å². The van der Waals surface area contributed by atoms with Crippen molar-refractivity contribution in [3.63, 3.8) is 0 Å². The van der Waals surface area contributed by atoms with Gasteiger partial charge in [0, 0.05) is 13.0 Å². The fourth-order valence-corrected chi connectivity index (χ4v) is 4.28. The summed E-state index contributed by atoms with van der Waals surface area (Å²) in [6, 6.07) is 21.1. The van der Waals surface area contributed by atoms with E-state index < -0.39 is 12.1 Å². The van der Waals surface area contributed by atoms with Crippen molar-refractivity contribution in [3.8, 4) is 11.1 Å². The fourth-order valence-electron chi connectivity index (χ4n) is 4.28. The topological polar surface area (TPSA) is 93.5 Å². The Hall–Kier alpha value is -4.13. The van der Waals surface area contributed by atoms with Crippen LogP contribution in [0, 0.1) is 0 Å². The molecule has 0 unspecified atom stereocenters. The SMILES string of the molecule is Cn1c(NC(=O)OCC2c3ccccc3-c3ccccc32)nc2cccc(C(=O)O)c21. The van der Waals surface area contributed by atoms with Crippen molar-refractivity contribution >= 4 is 29.0 Å². The van der Waals surface area contributed by atoms with E-state index >= 15 is 0 Å². The largest absolute Gasteiger partial charge is 0.478 e. The van der Waals surface area contributed by atoms with Crippen molar-refractivity contribution in [1.29, 1.82) is 0 Å². The minimum atomic E-state index is -1.05. The number of para-hydroxylation sites is 1. The molecule has 7 heteroatoms. The Morgan fingerprint density at radius 1 is 1.00 bits per heavy atom. The van der Waals surface area contributed by atoms with E-state index in [0.717, 1.165) is 22.3 Å². The number of hydrogen-bond donors (Lipinski definition) is 2. The summed E-state index contributed by atoms with van der Waals surface area (Å²) in [6.07, 6.45) is -0.642. The van der Waals surface area contributed by atoms with E-state index in [1.54, 1.807) is 23.7 Å². The molecule has 31 heavy (non-hydrogen) atoms. The quantitative estimate of drug-likeness (QED) is 0.509. The normalized spacial score (nSPS) is 12.4. The number of amides is 1. The van der Waals surface area contributed by atoms with E-state index in [1.165, 1.54) is 6.07 Å². The van der Waals surface area contributed by atoms with Gasteiger partial charge in [0.05, 0.1) is 16.6 Å². The number of hydrogen-bond acceptors (Lipinski definition) is 4. The molecule has 154 valence electrons. The number of rotatable bonds is 4. The highest BCUT2D eigenvalue weighted by Gasteiger charge is 2.29. The van der Waals surface area contributed by atoms with E-state index in [2.05, 4.69) is 34.6 Å². The second kappa shape index (κ2) is 7.28. The maximum absolute atomic E-state index is 12.5. The maximum Gasteiger partial charge on any atom is 0.414 e. The number of imidazole rings is 1. The molecule has 0 saturated heterocycles. The van der Waals surface area contributed by atoms with Gasteiger partial charge in [0.15, 0.2) is 0 Å². The van der Waals surface area contributed by atoms with Gasteiger partial charge in [-0.05, 0) is 34.4 Å². The molecule has 0 saturated carbocycles. The fraction of sp³-hybridized carbons (Fsp3) is 0.125. The number of fused-ring (bicyclic) bond motifs is 4. The first-order chi connectivity index (χ1) is 15.0. The van der Waals surface area contributed by atoms with Crippen LogP contribution in [0.2, 0.25) is 0 Å². The molecule has 0 bridgehead atoms. The van der Waals surface area contributed by atoms with Gasteiger partial charge >= 0.3 is 12.1 Å². The average Bonchev–Trinajstić information content (AvgIpc) is 3.27. The van der Waals surface area contributed by atoms with Crippen LogP contribution >= 0.6 is 0 Å². The maximum atomic E-state index is 12.5. The number of carboxylic acid groups (broad SMARTS) is 1. The summed E-state index contributed by atoms with van der Waals surface area (Å²) in [5.41, 5.74) is 5.61. The minimum Gasteiger partial charge on any atom is -0.478 e. The highest BCUT2D eigenvalue weighted by atomic mass is 16.5. The van der Waals surface area contributed by atoms with Gasteiger partial charge in [0.25, 0.3) is 0 Å². The van der Waals surface area contributed by atoms with Gasteiger partial charge in [-0.3, -0.25) is 5.32 Å². The number of anilines is 1. The number of aromatic nitrogens is 2. The Morgan fingerprint density at radius 2 is 1.65 bits per heavy atom. The molecule has 2 N–H and O–H groups in total. The second-order valence-corrected chi connectivity index (χ2v) is 7.42. The molecule has 4 aromatic rings. The number of nitrogens with one attached hydrogen (secondary N) is 1. The standard InChI is InChI=1S/C24H19N3O4/c1-27-21-18(22(28)29)11-6-12-20(21)25-23(27)26-24(30)31-13-19-16-9-4-2-7-14(16)15-8-3-5-10-17(15)19/h2-12,19H,13H2,1H3,(H,28,29)(H,25,26,30). The summed E-state index contributed by atoms with van der Waals surface area (Å²) >= 11 is 0. The van der Waals surface area contributed by atoms with Crippen LogP contribution in [-0.2, 0) is 11.8 Å². The molecule has 1 aliphatic rings. The summed E-state index contributed by atoms with van der Waals surface area (Å²) in [4.78, 5) is 28.4. The van der Waals surface area contributed by atoms with Crippen molar-refractivity contribution in [2.45, 2.75) is 5.92 Å². The Morgan fingerprint density at radius 3 is 2.29 bits per heavy atom. The number of benzene rings is 3. The lowest BCUT2D eigenvalue weighted by atomic mass is 9.98. The van der Waals surface area contributed by atoms with Crippen molar-refractivity contribution in [2.75, 3.05) is 11.9 Å². The molecule has 1 heterocycles. The molecular weight excluding hydrogens is 394 g/mol. The molecule has 0 fully saturated rings. The molecule has 1 aromatic heterocycles. The molecule has 7 nitrogen and oxygen atoms in total. The first-order valence-electron chi connectivity index (χ1n) is 9.85. The molecule has 0 spiro atoms. The third kappa shape index (κ3) is 3.11. The minimum absolute atomic E-state index is 0.0443. The predicted octanol–water partition coefficient (Wildman–Crippen LogP) is 4.63. The van der Waals surface area contributed by atoms with Crippen LogP contribution in [-0.4, -0.2) is 33.3 Å². The highest BCUT2D eigenvalue weighted by molar-refractivity contribution is 6.02. The first-order valence-corrected chi connectivity index (χ1v) is 9.85. The van der Waals surface area contributed by atoms with E-state index in [0.29, 0.717) is 11.0 Å². The molecule has 3 aromatic carbocycles. The van der Waals surface area contributed by atoms with Gasteiger partial charge in [-0.1, -0.05) is 54.6 Å². The molecule has 1 amide bonds. The summed E-state index contributed by atoms with van der Waals surface area (Å²) < 4.78 is 7.09. The summed E-state index contributed by atoms with van der Waals surface area (Å²) in [7, 11) is 1.65.